The zero-order valence-corrected chi connectivity index (χ0v) is 16.3. The van der Waals surface area contributed by atoms with E-state index in [0.717, 1.165) is 16.6 Å². The molecule has 1 N–H and O–H groups in total. The second-order valence-corrected chi connectivity index (χ2v) is 6.99. The molecule has 2 aromatic carbocycles. The van der Waals surface area contributed by atoms with Crippen LogP contribution in [0.25, 0.3) is 33.8 Å². The number of aryl methyl sites for hydroxylation is 1. The minimum absolute atomic E-state index is 0.0368. The van der Waals surface area contributed by atoms with Gasteiger partial charge in [-0.25, -0.2) is 19.2 Å². The fourth-order valence-electron chi connectivity index (χ4n) is 3.25. The highest BCUT2D eigenvalue weighted by Crippen LogP contribution is 2.31. The van der Waals surface area contributed by atoms with Gasteiger partial charge in [0.25, 0.3) is 0 Å². The number of aromatic nitrogens is 6. The lowest BCUT2D eigenvalue weighted by Gasteiger charge is -2.07. The highest BCUT2D eigenvalue weighted by molar-refractivity contribution is 6.30. The zero-order valence-electron chi connectivity index (χ0n) is 15.5. The van der Waals surface area contributed by atoms with Gasteiger partial charge in [-0.2, -0.15) is 5.10 Å². The van der Waals surface area contributed by atoms with Crippen LogP contribution in [0.15, 0.2) is 48.9 Å². The molecule has 5 rings (SSSR count). The van der Waals surface area contributed by atoms with E-state index in [-0.39, 0.29) is 5.75 Å². The Balaban J connectivity index is 1.69. The number of phenols is 1. The van der Waals surface area contributed by atoms with E-state index in [9.17, 15) is 5.11 Å². The second-order valence-electron chi connectivity index (χ2n) is 6.56. The average molecular weight is 407 g/mol. The predicted octanol–water partition coefficient (Wildman–Crippen LogP) is 3.81. The SMILES string of the molecule is COc1ccc(-c2nc3c4cnn(-c5cc(Cl)ccc5C)c4ncn3n2)c(O)c1. The van der Waals surface area contributed by atoms with Crippen molar-refractivity contribution in [2.45, 2.75) is 6.92 Å². The summed E-state index contributed by atoms with van der Waals surface area (Å²) in [5.41, 5.74) is 3.59. The molecule has 3 heterocycles. The number of halogens is 1. The largest absolute Gasteiger partial charge is 0.507 e. The standard InChI is InChI=1S/C20H15ClN6O2/c1-11-3-4-12(21)7-16(11)27-19-15(9-23-27)20-24-18(25-26(20)10-22-19)14-6-5-13(29-2)8-17(14)28/h3-10,28H,1-2H3. The van der Waals surface area contributed by atoms with Crippen LogP contribution in [0, 0.1) is 6.92 Å². The van der Waals surface area contributed by atoms with Crippen molar-refractivity contribution in [3.63, 3.8) is 0 Å². The molecule has 0 radical (unpaired) electrons. The number of benzene rings is 2. The highest BCUT2D eigenvalue weighted by Gasteiger charge is 2.17. The van der Waals surface area contributed by atoms with Gasteiger partial charge in [-0.1, -0.05) is 17.7 Å². The van der Waals surface area contributed by atoms with Gasteiger partial charge in [-0.05, 0) is 36.8 Å². The first-order valence-electron chi connectivity index (χ1n) is 8.78. The first-order chi connectivity index (χ1) is 14.0. The zero-order chi connectivity index (χ0) is 20.1. The fraction of sp³-hybridized carbons (Fsp3) is 0.100. The van der Waals surface area contributed by atoms with Gasteiger partial charge in [0.05, 0.1) is 29.9 Å². The van der Waals surface area contributed by atoms with Crippen LogP contribution in [-0.2, 0) is 0 Å². The van der Waals surface area contributed by atoms with Crippen LogP contribution in [0.3, 0.4) is 0 Å². The Labute approximate surface area is 170 Å². The molecule has 0 aliphatic carbocycles. The molecule has 0 atom stereocenters. The lowest BCUT2D eigenvalue weighted by Crippen LogP contribution is -2.01. The summed E-state index contributed by atoms with van der Waals surface area (Å²) in [4.78, 5) is 9.11. The second kappa shape index (κ2) is 6.46. The number of hydrogen-bond acceptors (Lipinski definition) is 6. The van der Waals surface area contributed by atoms with Crippen molar-refractivity contribution in [1.29, 1.82) is 0 Å². The van der Waals surface area contributed by atoms with Gasteiger partial charge in [0.15, 0.2) is 17.1 Å². The van der Waals surface area contributed by atoms with E-state index >= 15 is 0 Å². The average Bonchev–Trinajstić information content (AvgIpc) is 3.33. The summed E-state index contributed by atoms with van der Waals surface area (Å²) in [5.74, 6) is 0.970. The first-order valence-corrected chi connectivity index (χ1v) is 9.16. The highest BCUT2D eigenvalue weighted by atomic mass is 35.5. The number of fused-ring (bicyclic) bond motifs is 3. The van der Waals surface area contributed by atoms with Crippen molar-refractivity contribution in [2.24, 2.45) is 0 Å². The molecular weight excluding hydrogens is 392 g/mol. The molecule has 29 heavy (non-hydrogen) atoms. The van der Waals surface area contributed by atoms with E-state index in [1.165, 1.54) is 6.07 Å². The van der Waals surface area contributed by atoms with Crippen LogP contribution < -0.4 is 4.74 Å². The van der Waals surface area contributed by atoms with Crippen LogP contribution in [0.5, 0.6) is 11.5 Å². The molecule has 0 aliphatic rings. The van der Waals surface area contributed by atoms with Crippen LogP contribution in [-0.4, -0.2) is 41.6 Å². The van der Waals surface area contributed by atoms with Crippen LogP contribution >= 0.6 is 11.6 Å². The maximum absolute atomic E-state index is 10.3. The predicted molar refractivity (Wildman–Crippen MR) is 109 cm³/mol. The number of hydrogen-bond donors (Lipinski definition) is 1. The van der Waals surface area contributed by atoms with Gasteiger partial charge in [-0.3, -0.25) is 0 Å². The van der Waals surface area contributed by atoms with Crippen LogP contribution in [0.1, 0.15) is 5.56 Å². The number of nitrogens with zero attached hydrogens (tertiary/aromatic N) is 6. The van der Waals surface area contributed by atoms with Crippen molar-refractivity contribution in [3.8, 4) is 28.6 Å². The quantitative estimate of drug-likeness (QED) is 0.490. The van der Waals surface area contributed by atoms with E-state index in [4.69, 9.17) is 16.3 Å². The van der Waals surface area contributed by atoms with E-state index < -0.39 is 0 Å². The lowest BCUT2D eigenvalue weighted by molar-refractivity contribution is 0.408. The van der Waals surface area contributed by atoms with Gasteiger partial charge in [0.1, 0.15) is 17.8 Å². The maximum Gasteiger partial charge on any atom is 0.185 e. The Morgan fingerprint density at radius 1 is 1.10 bits per heavy atom. The van der Waals surface area contributed by atoms with Crippen LogP contribution in [0.2, 0.25) is 5.02 Å². The molecule has 144 valence electrons. The molecule has 8 nitrogen and oxygen atoms in total. The van der Waals surface area contributed by atoms with Crippen molar-refractivity contribution >= 4 is 28.3 Å². The fourth-order valence-corrected chi connectivity index (χ4v) is 3.42. The third-order valence-corrected chi connectivity index (χ3v) is 4.99. The summed E-state index contributed by atoms with van der Waals surface area (Å²) in [5, 5.41) is 20.6. The van der Waals surface area contributed by atoms with Crippen molar-refractivity contribution in [3.05, 3.63) is 59.5 Å². The molecule has 0 fully saturated rings. The Hall–Kier alpha value is -3.65. The topological polar surface area (TPSA) is 90.4 Å². The van der Waals surface area contributed by atoms with Gasteiger partial charge >= 0.3 is 0 Å². The molecular formula is C20H15ClN6O2. The molecule has 0 saturated heterocycles. The van der Waals surface area contributed by atoms with Crippen molar-refractivity contribution in [2.75, 3.05) is 7.11 Å². The molecule has 0 amide bonds. The van der Waals surface area contributed by atoms with Gasteiger partial charge in [0.2, 0.25) is 0 Å². The van der Waals surface area contributed by atoms with Crippen LogP contribution in [0.4, 0.5) is 0 Å². The first kappa shape index (κ1) is 17.4. The molecule has 3 aromatic heterocycles. The van der Waals surface area contributed by atoms with E-state index in [0.29, 0.717) is 33.5 Å². The number of phenolic OH excluding ortho intramolecular Hbond substituents is 1. The monoisotopic (exact) mass is 406 g/mol. The molecule has 0 spiro atoms. The minimum atomic E-state index is 0.0368. The summed E-state index contributed by atoms with van der Waals surface area (Å²) < 4.78 is 8.43. The van der Waals surface area contributed by atoms with Crippen molar-refractivity contribution in [1.82, 2.24) is 29.4 Å². The Morgan fingerprint density at radius 3 is 2.76 bits per heavy atom. The third kappa shape index (κ3) is 2.76. The number of rotatable bonds is 3. The molecule has 5 aromatic rings. The summed E-state index contributed by atoms with van der Waals surface area (Å²) in [7, 11) is 1.54. The number of methoxy groups -OCH3 is 1. The lowest BCUT2D eigenvalue weighted by atomic mass is 10.2. The Bertz CT molecular complexity index is 1390. The normalized spacial score (nSPS) is 11.4. The van der Waals surface area contributed by atoms with Gasteiger partial charge in [0, 0.05) is 11.1 Å². The van der Waals surface area contributed by atoms with E-state index in [1.807, 2.05) is 25.1 Å². The third-order valence-electron chi connectivity index (χ3n) is 4.75. The molecule has 0 bridgehead atoms. The molecule has 0 unspecified atom stereocenters. The molecule has 0 aliphatic heterocycles. The molecule has 9 heteroatoms. The number of aromatic hydroxyl groups is 1. The summed E-state index contributed by atoms with van der Waals surface area (Å²) >= 11 is 6.17. The Kier molecular flexibility index (Phi) is 3.88. The van der Waals surface area contributed by atoms with E-state index in [2.05, 4.69) is 20.2 Å². The molecule has 0 saturated carbocycles. The van der Waals surface area contributed by atoms with Gasteiger partial charge < -0.3 is 9.84 Å². The van der Waals surface area contributed by atoms with Crippen molar-refractivity contribution < 1.29 is 9.84 Å². The van der Waals surface area contributed by atoms with E-state index in [1.54, 1.807) is 41.0 Å². The smallest absolute Gasteiger partial charge is 0.185 e. The minimum Gasteiger partial charge on any atom is -0.507 e. The Morgan fingerprint density at radius 2 is 1.97 bits per heavy atom. The van der Waals surface area contributed by atoms with Gasteiger partial charge in [-0.15, -0.1) is 5.10 Å². The summed E-state index contributed by atoms with van der Waals surface area (Å²) in [6.07, 6.45) is 3.27. The summed E-state index contributed by atoms with van der Waals surface area (Å²) in [6.45, 7) is 1.99. The maximum atomic E-state index is 10.3. The summed E-state index contributed by atoms with van der Waals surface area (Å²) in [6, 6.07) is 10.6. The number of ether oxygens (including phenoxy) is 1.